The van der Waals surface area contributed by atoms with Gasteiger partial charge in [0.15, 0.2) is 5.16 Å². The number of para-hydroxylation sites is 1. The number of carbonyl (C=O) groups is 1. The molecule has 148 valence electrons. The Morgan fingerprint density at radius 3 is 2.72 bits per heavy atom. The van der Waals surface area contributed by atoms with Crippen LogP contribution in [0.1, 0.15) is 38.8 Å². The number of carbonyl (C=O) groups excluding carboxylic acids is 1. The number of hydrogen-bond donors (Lipinski definition) is 1. The van der Waals surface area contributed by atoms with Crippen molar-refractivity contribution in [1.82, 2.24) is 9.55 Å². The van der Waals surface area contributed by atoms with Gasteiger partial charge in [-0.3, -0.25) is 14.2 Å². The normalized spacial score (nSPS) is 12.9. The molecule has 1 aromatic heterocycles. The van der Waals surface area contributed by atoms with E-state index in [0.29, 0.717) is 27.3 Å². The maximum Gasteiger partial charge on any atom is 0.262 e. The predicted octanol–water partition coefficient (Wildman–Crippen LogP) is 4.36. The first-order chi connectivity index (χ1) is 13.9. The second-order valence-electron chi connectivity index (χ2n) is 6.79. The van der Waals surface area contributed by atoms with E-state index in [-0.39, 0.29) is 17.5 Å². The van der Waals surface area contributed by atoms with Crippen molar-refractivity contribution in [2.45, 2.75) is 43.6 Å². The lowest BCUT2D eigenvalue weighted by atomic mass is 10.2. The highest BCUT2D eigenvalue weighted by molar-refractivity contribution is 8.00. The number of hydrogen-bond acceptors (Lipinski definition) is 5. The van der Waals surface area contributed by atoms with Crippen LogP contribution in [-0.4, -0.2) is 20.7 Å². The van der Waals surface area contributed by atoms with Gasteiger partial charge in [-0.15, -0.1) is 0 Å². The molecule has 1 amide bonds. The zero-order valence-corrected chi connectivity index (χ0v) is 17.4. The molecule has 1 heterocycles. The van der Waals surface area contributed by atoms with Crippen LogP contribution in [-0.2, 0) is 4.79 Å². The van der Waals surface area contributed by atoms with Crippen LogP contribution in [0.3, 0.4) is 0 Å². The lowest BCUT2D eigenvalue weighted by Gasteiger charge is -2.20. The molecule has 0 bridgehead atoms. The topological polar surface area (TPSA) is 87.8 Å². The molecule has 0 aliphatic carbocycles. The van der Waals surface area contributed by atoms with Gasteiger partial charge in [0.1, 0.15) is 0 Å². The summed E-state index contributed by atoms with van der Waals surface area (Å²) in [6, 6.07) is 16.0. The maximum absolute atomic E-state index is 13.0. The number of benzene rings is 2. The van der Waals surface area contributed by atoms with Crippen LogP contribution in [0.25, 0.3) is 10.9 Å². The van der Waals surface area contributed by atoms with E-state index >= 15 is 0 Å². The van der Waals surface area contributed by atoms with Gasteiger partial charge in [0.25, 0.3) is 5.56 Å². The van der Waals surface area contributed by atoms with Gasteiger partial charge in [-0.05, 0) is 50.6 Å². The largest absolute Gasteiger partial charge is 0.325 e. The summed E-state index contributed by atoms with van der Waals surface area (Å²) in [5.41, 5.74) is 1.56. The minimum atomic E-state index is -0.482. The molecule has 3 aromatic rings. The molecule has 2 aromatic carbocycles. The Labute approximate surface area is 173 Å². The Morgan fingerprint density at radius 2 is 2.00 bits per heavy atom. The lowest BCUT2D eigenvalue weighted by molar-refractivity contribution is -0.115. The van der Waals surface area contributed by atoms with Crippen LogP contribution < -0.4 is 10.9 Å². The van der Waals surface area contributed by atoms with E-state index in [1.807, 2.05) is 26.0 Å². The van der Waals surface area contributed by atoms with Gasteiger partial charge in [-0.2, -0.15) is 5.26 Å². The summed E-state index contributed by atoms with van der Waals surface area (Å²) >= 11 is 1.26. The van der Waals surface area contributed by atoms with Crippen molar-refractivity contribution in [1.29, 1.82) is 5.26 Å². The van der Waals surface area contributed by atoms with E-state index in [4.69, 9.17) is 5.26 Å². The third-order valence-electron chi connectivity index (χ3n) is 4.72. The van der Waals surface area contributed by atoms with Crippen LogP contribution in [0.2, 0.25) is 0 Å². The van der Waals surface area contributed by atoms with E-state index in [1.54, 1.807) is 47.9 Å². The average Bonchev–Trinajstić information content (AvgIpc) is 2.73. The average molecular weight is 407 g/mol. The molecule has 0 saturated carbocycles. The smallest absolute Gasteiger partial charge is 0.262 e. The van der Waals surface area contributed by atoms with Gasteiger partial charge in [0.05, 0.1) is 27.8 Å². The standard InChI is InChI=1S/C22H22N4O2S/c1-4-14(2)26-21(28)18-10-5-6-11-19(18)25-22(26)29-15(3)20(27)24-17-9-7-8-16(12-17)13-23/h5-12,14-15H,4H2,1-3H3,(H,24,27)/t14-,15-/m1/s1. The summed E-state index contributed by atoms with van der Waals surface area (Å²) in [6.45, 7) is 5.76. The number of aromatic nitrogens is 2. The number of thioether (sulfide) groups is 1. The van der Waals surface area contributed by atoms with E-state index in [2.05, 4.69) is 16.4 Å². The number of nitrogens with zero attached hydrogens (tertiary/aromatic N) is 3. The molecule has 0 unspecified atom stereocenters. The molecule has 0 aliphatic rings. The summed E-state index contributed by atoms with van der Waals surface area (Å²) in [6.07, 6.45) is 0.773. The molecule has 0 fully saturated rings. The van der Waals surface area contributed by atoms with Crippen molar-refractivity contribution in [3.63, 3.8) is 0 Å². The van der Waals surface area contributed by atoms with E-state index in [1.165, 1.54) is 11.8 Å². The fraction of sp³-hybridized carbons (Fsp3) is 0.273. The van der Waals surface area contributed by atoms with E-state index in [9.17, 15) is 9.59 Å². The fourth-order valence-electron chi connectivity index (χ4n) is 2.90. The van der Waals surface area contributed by atoms with Crippen LogP contribution in [0.5, 0.6) is 0 Å². The molecule has 1 N–H and O–H groups in total. The molecule has 2 atom stereocenters. The Kier molecular flexibility index (Phi) is 6.35. The van der Waals surface area contributed by atoms with Crippen LogP contribution >= 0.6 is 11.8 Å². The fourth-order valence-corrected chi connectivity index (χ4v) is 3.91. The Morgan fingerprint density at radius 1 is 1.24 bits per heavy atom. The monoisotopic (exact) mass is 406 g/mol. The third-order valence-corrected chi connectivity index (χ3v) is 5.78. The molecule has 0 saturated heterocycles. The molecule has 6 nitrogen and oxygen atoms in total. The molecule has 3 rings (SSSR count). The number of amides is 1. The van der Waals surface area contributed by atoms with Gasteiger partial charge in [0.2, 0.25) is 5.91 Å². The zero-order valence-electron chi connectivity index (χ0n) is 16.5. The highest BCUT2D eigenvalue weighted by Crippen LogP contribution is 2.26. The van der Waals surface area contributed by atoms with Crippen LogP contribution in [0.4, 0.5) is 5.69 Å². The van der Waals surface area contributed by atoms with Gasteiger partial charge in [-0.25, -0.2) is 4.98 Å². The lowest BCUT2D eigenvalue weighted by Crippen LogP contribution is -2.28. The highest BCUT2D eigenvalue weighted by atomic mass is 32.2. The Hall–Kier alpha value is -3.11. The number of anilines is 1. The van der Waals surface area contributed by atoms with Gasteiger partial charge < -0.3 is 5.32 Å². The predicted molar refractivity (Wildman–Crippen MR) is 116 cm³/mol. The Balaban J connectivity index is 1.90. The molecular weight excluding hydrogens is 384 g/mol. The van der Waals surface area contributed by atoms with Crippen molar-refractivity contribution in [2.75, 3.05) is 5.32 Å². The minimum absolute atomic E-state index is 0.0373. The quantitative estimate of drug-likeness (QED) is 0.485. The Bertz CT molecular complexity index is 1150. The third kappa shape index (κ3) is 4.49. The van der Waals surface area contributed by atoms with Gasteiger partial charge >= 0.3 is 0 Å². The molecular formula is C22H22N4O2S. The van der Waals surface area contributed by atoms with Crippen LogP contribution in [0, 0.1) is 11.3 Å². The highest BCUT2D eigenvalue weighted by Gasteiger charge is 2.21. The van der Waals surface area contributed by atoms with Gasteiger partial charge in [-0.1, -0.05) is 36.9 Å². The summed E-state index contributed by atoms with van der Waals surface area (Å²) in [5.74, 6) is -0.219. The first-order valence-corrected chi connectivity index (χ1v) is 10.3. The number of rotatable bonds is 6. The van der Waals surface area contributed by atoms with E-state index < -0.39 is 5.25 Å². The van der Waals surface area contributed by atoms with Crippen molar-refractivity contribution in [2.24, 2.45) is 0 Å². The molecule has 0 aliphatic heterocycles. The molecule has 0 spiro atoms. The minimum Gasteiger partial charge on any atom is -0.325 e. The summed E-state index contributed by atoms with van der Waals surface area (Å²) in [7, 11) is 0. The van der Waals surface area contributed by atoms with Crippen LogP contribution in [0.15, 0.2) is 58.5 Å². The van der Waals surface area contributed by atoms with Crippen molar-refractivity contribution >= 4 is 34.3 Å². The molecule has 7 heteroatoms. The molecule has 29 heavy (non-hydrogen) atoms. The number of fused-ring (bicyclic) bond motifs is 1. The molecule has 0 radical (unpaired) electrons. The SMILES string of the molecule is CC[C@@H](C)n1c(S[C@H](C)C(=O)Nc2cccc(C#N)c2)nc2ccccc2c1=O. The number of nitriles is 1. The first-order valence-electron chi connectivity index (χ1n) is 9.43. The second kappa shape index (κ2) is 8.93. The summed E-state index contributed by atoms with van der Waals surface area (Å²) in [5, 5.41) is 12.5. The van der Waals surface area contributed by atoms with Crippen molar-refractivity contribution < 1.29 is 4.79 Å². The van der Waals surface area contributed by atoms with E-state index in [0.717, 1.165) is 6.42 Å². The van der Waals surface area contributed by atoms with Gasteiger partial charge in [0, 0.05) is 11.7 Å². The number of nitrogens with one attached hydrogen (secondary N) is 1. The summed E-state index contributed by atoms with van der Waals surface area (Å²) < 4.78 is 1.67. The first kappa shape index (κ1) is 20.6. The maximum atomic E-state index is 13.0. The van der Waals surface area contributed by atoms with Crippen molar-refractivity contribution in [3.8, 4) is 6.07 Å². The summed E-state index contributed by atoms with van der Waals surface area (Å²) in [4.78, 5) is 30.4. The van der Waals surface area contributed by atoms with Crippen molar-refractivity contribution in [3.05, 3.63) is 64.4 Å². The second-order valence-corrected chi connectivity index (χ2v) is 8.09. The zero-order chi connectivity index (χ0) is 21.0.